The van der Waals surface area contributed by atoms with Gasteiger partial charge in [0, 0.05) is 32.2 Å². The van der Waals surface area contributed by atoms with E-state index in [1.165, 1.54) is 68.0 Å². The van der Waals surface area contributed by atoms with Crippen molar-refractivity contribution in [2.24, 2.45) is 0 Å². The fourth-order valence-electron chi connectivity index (χ4n) is 3.98. The number of thiazole rings is 1. The van der Waals surface area contributed by atoms with E-state index in [2.05, 4.69) is 29.5 Å². The first-order chi connectivity index (χ1) is 13.8. The molecule has 2 aromatic heterocycles. The van der Waals surface area contributed by atoms with Crippen LogP contribution in [0.5, 0.6) is 0 Å². The topological polar surface area (TPSA) is 67.2 Å². The van der Waals surface area contributed by atoms with E-state index in [-0.39, 0.29) is 5.78 Å². The van der Waals surface area contributed by atoms with Gasteiger partial charge in [0.15, 0.2) is 16.1 Å². The summed E-state index contributed by atoms with van der Waals surface area (Å²) in [4.78, 5) is 22.6. The molecule has 0 bridgehead atoms. The van der Waals surface area contributed by atoms with Crippen molar-refractivity contribution < 1.29 is 4.79 Å². The van der Waals surface area contributed by atoms with Crippen LogP contribution in [0.3, 0.4) is 0 Å². The zero-order valence-corrected chi connectivity index (χ0v) is 17.7. The highest BCUT2D eigenvalue weighted by Gasteiger charge is 2.32. The van der Waals surface area contributed by atoms with Gasteiger partial charge in [-0.05, 0) is 44.9 Å². The molecule has 1 aliphatic carbocycles. The summed E-state index contributed by atoms with van der Waals surface area (Å²) in [6, 6.07) is 0.511. The Morgan fingerprint density at radius 3 is 2.50 bits per heavy atom. The molecule has 2 aromatic rings. The number of rotatable bonds is 7. The van der Waals surface area contributed by atoms with Gasteiger partial charge < -0.3 is 9.80 Å². The van der Waals surface area contributed by atoms with Gasteiger partial charge in [-0.2, -0.15) is 0 Å². The minimum atomic E-state index is 0.138. The van der Waals surface area contributed by atoms with Crippen molar-refractivity contribution in [3.05, 3.63) is 11.1 Å². The predicted molar refractivity (Wildman–Crippen MR) is 113 cm³/mol. The molecule has 2 aliphatic heterocycles. The van der Waals surface area contributed by atoms with E-state index in [9.17, 15) is 4.79 Å². The van der Waals surface area contributed by atoms with E-state index in [0.717, 1.165) is 47.3 Å². The molecule has 3 aliphatic rings. The van der Waals surface area contributed by atoms with Crippen molar-refractivity contribution in [3.8, 4) is 0 Å². The summed E-state index contributed by atoms with van der Waals surface area (Å²) in [5.74, 6) is 1.53. The number of Topliss-reactive ketones (excluding diaryl/α,β-unsaturated/α-hetero) is 1. The lowest BCUT2D eigenvalue weighted by Crippen LogP contribution is -2.29. The van der Waals surface area contributed by atoms with Crippen LogP contribution in [0.2, 0.25) is 0 Å². The number of thioether (sulfide) groups is 1. The van der Waals surface area contributed by atoms with Gasteiger partial charge in [0.05, 0.1) is 16.8 Å². The maximum Gasteiger partial charge on any atom is 0.228 e. The molecule has 5 rings (SSSR count). The van der Waals surface area contributed by atoms with Crippen LogP contribution in [0.4, 0.5) is 11.1 Å². The second kappa shape index (κ2) is 8.02. The minimum Gasteiger partial charge on any atom is -0.348 e. The van der Waals surface area contributed by atoms with E-state index in [4.69, 9.17) is 0 Å². The monoisotopic (exact) mass is 418 g/mol. The Balaban J connectivity index is 1.25. The molecule has 0 spiro atoms. The predicted octanol–water partition coefficient (Wildman–Crippen LogP) is 3.64. The number of hydrogen-bond donors (Lipinski definition) is 0. The third-order valence-corrected chi connectivity index (χ3v) is 7.72. The van der Waals surface area contributed by atoms with Gasteiger partial charge in [-0.25, -0.2) is 4.98 Å². The molecule has 0 amide bonds. The summed E-state index contributed by atoms with van der Waals surface area (Å²) in [6.07, 6.45) is 10.3. The maximum absolute atomic E-state index is 12.7. The molecule has 0 unspecified atom stereocenters. The molecule has 0 aromatic carbocycles. The molecule has 0 atom stereocenters. The van der Waals surface area contributed by atoms with Crippen LogP contribution in [0.15, 0.2) is 11.4 Å². The molecule has 0 radical (unpaired) electrons. The Morgan fingerprint density at radius 2 is 1.75 bits per heavy atom. The first kappa shape index (κ1) is 18.4. The molecule has 3 fully saturated rings. The number of aromatic nitrogens is 4. The normalized spacial score (nSPS) is 20.1. The first-order valence-electron chi connectivity index (χ1n) is 10.4. The summed E-state index contributed by atoms with van der Waals surface area (Å²) in [6.45, 7) is 4.24. The number of ketones is 1. The van der Waals surface area contributed by atoms with Crippen LogP contribution in [-0.4, -0.2) is 57.5 Å². The fourth-order valence-corrected chi connectivity index (χ4v) is 5.86. The average Bonchev–Trinajstić information content (AvgIpc) is 3.17. The first-order valence-corrected chi connectivity index (χ1v) is 12.2. The summed E-state index contributed by atoms with van der Waals surface area (Å²) in [5.41, 5.74) is 0. The SMILES string of the molecule is O=C(CSc1nnc(N2CCCC2)n1C1CC1)c1cnc(N2CCCCC2)s1. The van der Waals surface area contributed by atoms with Crippen LogP contribution < -0.4 is 9.80 Å². The van der Waals surface area contributed by atoms with Crippen molar-refractivity contribution in [2.75, 3.05) is 41.7 Å². The lowest BCUT2D eigenvalue weighted by atomic mass is 10.1. The Kier molecular flexibility index (Phi) is 5.28. The van der Waals surface area contributed by atoms with Crippen molar-refractivity contribution in [3.63, 3.8) is 0 Å². The molecule has 150 valence electrons. The lowest BCUT2D eigenvalue weighted by Gasteiger charge is -2.25. The highest BCUT2D eigenvalue weighted by Crippen LogP contribution is 2.41. The molecular weight excluding hydrogens is 392 g/mol. The van der Waals surface area contributed by atoms with Crippen LogP contribution in [0.1, 0.15) is 60.7 Å². The molecule has 1 saturated carbocycles. The zero-order chi connectivity index (χ0) is 18.9. The van der Waals surface area contributed by atoms with Gasteiger partial charge in [-0.1, -0.05) is 23.1 Å². The third kappa shape index (κ3) is 3.78. The maximum atomic E-state index is 12.7. The van der Waals surface area contributed by atoms with Gasteiger partial charge in [-0.3, -0.25) is 9.36 Å². The molecule has 9 heteroatoms. The second-order valence-corrected chi connectivity index (χ2v) is 9.80. The van der Waals surface area contributed by atoms with Gasteiger partial charge in [0.25, 0.3) is 0 Å². The highest BCUT2D eigenvalue weighted by molar-refractivity contribution is 7.99. The molecule has 7 nitrogen and oxygen atoms in total. The third-order valence-electron chi connectivity index (χ3n) is 5.67. The summed E-state index contributed by atoms with van der Waals surface area (Å²) >= 11 is 3.05. The number of carbonyl (C=O) groups is 1. The second-order valence-electron chi connectivity index (χ2n) is 7.84. The molecular formula is C19H26N6OS2. The summed E-state index contributed by atoms with van der Waals surface area (Å²) in [7, 11) is 0. The van der Waals surface area contributed by atoms with Gasteiger partial charge in [0.1, 0.15) is 0 Å². The number of carbonyl (C=O) groups excluding carboxylic acids is 1. The van der Waals surface area contributed by atoms with Gasteiger partial charge in [-0.15, -0.1) is 10.2 Å². The lowest BCUT2D eigenvalue weighted by molar-refractivity contribution is 0.102. The van der Waals surface area contributed by atoms with Crippen molar-refractivity contribution in [2.45, 2.75) is 56.1 Å². The minimum absolute atomic E-state index is 0.138. The smallest absolute Gasteiger partial charge is 0.228 e. The van der Waals surface area contributed by atoms with Crippen LogP contribution >= 0.6 is 23.1 Å². The molecule has 28 heavy (non-hydrogen) atoms. The quantitative estimate of drug-likeness (QED) is 0.502. The van der Waals surface area contributed by atoms with Crippen LogP contribution in [0, 0.1) is 0 Å². The Labute approximate surface area is 173 Å². The standard InChI is InChI=1S/C19H26N6OS2/c26-15(16-12-20-18(28-16)24-10-2-1-3-11-24)13-27-19-22-21-17(23-8-4-5-9-23)25(19)14-6-7-14/h12,14H,1-11,13H2. The Bertz CT molecular complexity index is 833. The summed E-state index contributed by atoms with van der Waals surface area (Å²) < 4.78 is 2.27. The van der Waals surface area contributed by atoms with E-state index < -0.39 is 0 Å². The largest absolute Gasteiger partial charge is 0.348 e. The van der Waals surface area contributed by atoms with E-state index in [1.807, 2.05) is 0 Å². The van der Waals surface area contributed by atoms with Crippen LogP contribution in [0.25, 0.3) is 0 Å². The fraction of sp³-hybridized carbons (Fsp3) is 0.684. The molecule has 2 saturated heterocycles. The average molecular weight is 419 g/mol. The van der Waals surface area contributed by atoms with E-state index in [0.29, 0.717) is 11.8 Å². The number of nitrogens with zero attached hydrogens (tertiary/aromatic N) is 6. The van der Waals surface area contributed by atoms with Gasteiger partial charge >= 0.3 is 0 Å². The molecule has 4 heterocycles. The number of hydrogen-bond acceptors (Lipinski definition) is 8. The van der Waals surface area contributed by atoms with Crippen LogP contribution in [-0.2, 0) is 0 Å². The number of piperidine rings is 1. The van der Waals surface area contributed by atoms with Crippen molar-refractivity contribution >= 4 is 40.0 Å². The number of anilines is 2. The molecule has 0 N–H and O–H groups in total. The zero-order valence-electron chi connectivity index (χ0n) is 16.0. The Hall–Kier alpha value is -1.61. The van der Waals surface area contributed by atoms with Crippen molar-refractivity contribution in [1.82, 2.24) is 19.7 Å². The summed E-state index contributed by atoms with van der Waals surface area (Å²) in [5, 5.41) is 10.8. The van der Waals surface area contributed by atoms with E-state index in [1.54, 1.807) is 6.20 Å². The van der Waals surface area contributed by atoms with Crippen molar-refractivity contribution in [1.29, 1.82) is 0 Å². The Morgan fingerprint density at radius 1 is 1.04 bits per heavy atom. The highest BCUT2D eigenvalue weighted by atomic mass is 32.2. The van der Waals surface area contributed by atoms with E-state index >= 15 is 0 Å². The van der Waals surface area contributed by atoms with Gasteiger partial charge in [0.2, 0.25) is 5.95 Å².